The van der Waals surface area contributed by atoms with E-state index in [2.05, 4.69) is 69.5 Å². The van der Waals surface area contributed by atoms with E-state index in [0.29, 0.717) is 5.95 Å². The topological polar surface area (TPSA) is 68.8 Å². The van der Waals surface area contributed by atoms with Crippen LogP contribution < -0.4 is 15.4 Å². The number of rotatable bonds is 13. The highest BCUT2D eigenvalue weighted by Gasteiger charge is 2.43. The fourth-order valence-electron chi connectivity index (χ4n) is 5.72. The number of halogens is 1. The van der Waals surface area contributed by atoms with Crippen molar-refractivity contribution < 1.29 is 9.13 Å². The first-order chi connectivity index (χ1) is 19.9. The SMILES string of the molecule is CCCNc1nccc(C2=C(c3ccc(F)cc3)NC3CCC(CN(CCN(C)C)Cc4cccc(OC)c4)N23)n1. The first-order valence-corrected chi connectivity index (χ1v) is 14.6. The molecule has 218 valence electrons. The molecule has 0 amide bonds. The highest BCUT2D eigenvalue weighted by molar-refractivity contribution is 5.90. The van der Waals surface area contributed by atoms with Crippen LogP contribution in [0.4, 0.5) is 10.3 Å². The van der Waals surface area contributed by atoms with E-state index in [-0.39, 0.29) is 18.0 Å². The molecule has 0 spiro atoms. The Hall–Kier alpha value is -3.69. The van der Waals surface area contributed by atoms with Crippen LogP contribution >= 0.6 is 0 Å². The number of hydrogen-bond acceptors (Lipinski definition) is 8. The minimum atomic E-state index is -0.241. The van der Waals surface area contributed by atoms with Gasteiger partial charge in [0.05, 0.1) is 30.4 Å². The Labute approximate surface area is 243 Å². The maximum absolute atomic E-state index is 13.9. The molecule has 3 aromatic rings. The summed E-state index contributed by atoms with van der Waals surface area (Å²) in [7, 11) is 5.95. The van der Waals surface area contributed by atoms with Gasteiger partial charge in [0.15, 0.2) is 0 Å². The van der Waals surface area contributed by atoms with E-state index >= 15 is 0 Å². The molecule has 2 atom stereocenters. The summed E-state index contributed by atoms with van der Waals surface area (Å²) in [5.41, 5.74) is 5.11. The zero-order valence-electron chi connectivity index (χ0n) is 24.6. The molecule has 5 rings (SSSR count). The van der Waals surface area contributed by atoms with Gasteiger partial charge in [-0.3, -0.25) is 4.90 Å². The Bertz CT molecular complexity index is 1330. The average Bonchev–Trinajstić information content (AvgIpc) is 3.55. The number of likely N-dealkylation sites (N-methyl/N-ethyl adjacent to an activating group) is 1. The molecule has 1 aromatic heterocycles. The summed E-state index contributed by atoms with van der Waals surface area (Å²) in [6.07, 6.45) is 5.06. The number of methoxy groups -OCH3 is 1. The quantitative estimate of drug-likeness (QED) is 0.312. The Kier molecular flexibility index (Phi) is 9.36. The summed E-state index contributed by atoms with van der Waals surface area (Å²) in [5.74, 6) is 1.26. The number of benzene rings is 2. The lowest BCUT2D eigenvalue weighted by molar-refractivity contribution is 0.176. The fourth-order valence-corrected chi connectivity index (χ4v) is 5.72. The van der Waals surface area contributed by atoms with Crippen LogP contribution in [0.3, 0.4) is 0 Å². The first kappa shape index (κ1) is 28.8. The van der Waals surface area contributed by atoms with E-state index < -0.39 is 0 Å². The summed E-state index contributed by atoms with van der Waals surface area (Å²) < 4.78 is 19.4. The predicted molar refractivity (Wildman–Crippen MR) is 163 cm³/mol. The lowest BCUT2D eigenvalue weighted by atomic mass is 10.1. The number of nitrogens with one attached hydrogen (secondary N) is 2. The van der Waals surface area contributed by atoms with Gasteiger partial charge in [0, 0.05) is 50.5 Å². The van der Waals surface area contributed by atoms with E-state index in [9.17, 15) is 4.39 Å². The third-order valence-corrected chi connectivity index (χ3v) is 7.75. The molecule has 0 radical (unpaired) electrons. The summed E-state index contributed by atoms with van der Waals surface area (Å²) in [6, 6.07) is 17.3. The lowest BCUT2D eigenvalue weighted by Crippen LogP contribution is -2.44. The molecular weight excluding hydrogens is 517 g/mol. The number of anilines is 1. The zero-order valence-corrected chi connectivity index (χ0v) is 24.6. The third-order valence-electron chi connectivity index (χ3n) is 7.75. The van der Waals surface area contributed by atoms with Crippen LogP contribution in [0.25, 0.3) is 11.4 Å². The van der Waals surface area contributed by atoms with Crippen LogP contribution in [0, 0.1) is 5.82 Å². The van der Waals surface area contributed by atoms with Crippen LogP contribution in [0.15, 0.2) is 60.8 Å². The molecule has 9 heteroatoms. The van der Waals surface area contributed by atoms with Gasteiger partial charge in [0.2, 0.25) is 5.95 Å². The molecule has 2 aliphatic rings. The highest BCUT2D eigenvalue weighted by Crippen LogP contribution is 2.42. The molecule has 0 saturated carbocycles. The van der Waals surface area contributed by atoms with Gasteiger partial charge in [0.1, 0.15) is 11.6 Å². The van der Waals surface area contributed by atoms with Gasteiger partial charge in [0.25, 0.3) is 0 Å². The van der Waals surface area contributed by atoms with Crippen LogP contribution in [0.1, 0.15) is 43.0 Å². The molecule has 1 saturated heterocycles. The van der Waals surface area contributed by atoms with Gasteiger partial charge in [-0.25, -0.2) is 14.4 Å². The summed E-state index contributed by atoms with van der Waals surface area (Å²) in [6.45, 7) is 6.62. The minimum Gasteiger partial charge on any atom is -0.497 e. The molecule has 8 nitrogen and oxygen atoms in total. The first-order valence-electron chi connectivity index (χ1n) is 14.6. The Balaban J connectivity index is 1.47. The predicted octanol–water partition coefficient (Wildman–Crippen LogP) is 4.73. The molecule has 0 aliphatic carbocycles. The van der Waals surface area contributed by atoms with Gasteiger partial charge in [-0.05, 0) is 81.4 Å². The number of fused-ring (bicyclic) bond motifs is 1. The lowest BCUT2D eigenvalue weighted by Gasteiger charge is -2.33. The standard InChI is InChI=1S/C32H42FN7O/c1-5-16-34-32-35-17-15-28(36-32)31-30(24-9-11-25(33)12-10-24)37-29-14-13-26(40(29)31)22-39(19-18-38(2)3)21-23-7-6-8-27(20-23)41-4/h6-12,15,17,20,26,29,37H,5,13-14,16,18-19,21-22H2,1-4H3,(H,34,35,36). The van der Waals surface area contributed by atoms with Crippen molar-refractivity contribution >= 4 is 17.3 Å². The normalized spacial score (nSPS) is 18.3. The highest BCUT2D eigenvalue weighted by atomic mass is 19.1. The van der Waals surface area contributed by atoms with Crippen LogP contribution in [0.2, 0.25) is 0 Å². The van der Waals surface area contributed by atoms with Crippen molar-refractivity contribution in [3.63, 3.8) is 0 Å². The van der Waals surface area contributed by atoms with Gasteiger partial charge >= 0.3 is 0 Å². The molecule has 0 bridgehead atoms. The molecular formula is C32H42FN7O. The monoisotopic (exact) mass is 559 g/mol. The van der Waals surface area contributed by atoms with E-state index in [1.165, 1.54) is 17.7 Å². The number of hydrogen-bond donors (Lipinski definition) is 2. The van der Waals surface area contributed by atoms with Gasteiger partial charge in [-0.2, -0.15) is 0 Å². The Morgan fingerprint density at radius 3 is 2.68 bits per heavy atom. The summed E-state index contributed by atoms with van der Waals surface area (Å²) >= 11 is 0. The molecule has 2 aromatic carbocycles. The largest absolute Gasteiger partial charge is 0.497 e. The maximum atomic E-state index is 13.9. The van der Waals surface area contributed by atoms with Crippen LogP contribution in [-0.2, 0) is 6.54 Å². The Morgan fingerprint density at radius 1 is 1.10 bits per heavy atom. The van der Waals surface area contributed by atoms with E-state index in [1.54, 1.807) is 7.11 Å². The molecule has 2 N–H and O–H groups in total. The molecule has 3 heterocycles. The minimum absolute atomic E-state index is 0.157. The smallest absolute Gasteiger partial charge is 0.223 e. The molecule has 2 aliphatic heterocycles. The Morgan fingerprint density at radius 2 is 1.93 bits per heavy atom. The average molecular weight is 560 g/mol. The van der Waals surface area contributed by atoms with Crippen molar-refractivity contribution in [3.05, 3.63) is 83.4 Å². The van der Waals surface area contributed by atoms with Gasteiger partial charge < -0.3 is 25.2 Å². The second-order valence-corrected chi connectivity index (χ2v) is 11.1. The van der Waals surface area contributed by atoms with Crippen molar-refractivity contribution in [1.29, 1.82) is 0 Å². The fraction of sp³-hybridized carbons (Fsp3) is 0.438. The van der Waals surface area contributed by atoms with Crippen molar-refractivity contribution in [1.82, 2.24) is 30.0 Å². The van der Waals surface area contributed by atoms with Gasteiger partial charge in [-0.15, -0.1) is 0 Å². The van der Waals surface area contributed by atoms with Crippen LogP contribution in [-0.4, -0.2) is 84.3 Å². The molecule has 41 heavy (non-hydrogen) atoms. The van der Waals surface area contributed by atoms with E-state index in [1.807, 2.05) is 30.5 Å². The number of ether oxygens (including phenoxy) is 1. The number of nitrogens with zero attached hydrogens (tertiary/aromatic N) is 5. The van der Waals surface area contributed by atoms with Crippen molar-refractivity contribution in [3.8, 4) is 5.75 Å². The second kappa shape index (κ2) is 13.3. The van der Waals surface area contributed by atoms with Crippen molar-refractivity contribution in [2.24, 2.45) is 0 Å². The van der Waals surface area contributed by atoms with Crippen molar-refractivity contribution in [2.75, 3.05) is 52.7 Å². The second-order valence-electron chi connectivity index (χ2n) is 11.1. The zero-order chi connectivity index (χ0) is 28.8. The maximum Gasteiger partial charge on any atom is 0.223 e. The number of aromatic nitrogens is 2. The van der Waals surface area contributed by atoms with Crippen molar-refractivity contribution in [2.45, 2.75) is 44.9 Å². The van der Waals surface area contributed by atoms with Gasteiger partial charge in [-0.1, -0.05) is 19.1 Å². The van der Waals surface area contributed by atoms with E-state index in [0.717, 1.165) is 80.4 Å². The molecule has 1 fully saturated rings. The summed E-state index contributed by atoms with van der Waals surface area (Å²) in [4.78, 5) is 16.7. The molecule has 2 unspecified atom stereocenters. The summed E-state index contributed by atoms with van der Waals surface area (Å²) in [5, 5.41) is 7.11. The van der Waals surface area contributed by atoms with E-state index in [4.69, 9.17) is 9.72 Å². The van der Waals surface area contributed by atoms with Crippen LogP contribution in [0.5, 0.6) is 5.75 Å². The third kappa shape index (κ3) is 6.97.